The summed E-state index contributed by atoms with van der Waals surface area (Å²) in [5.41, 5.74) is 6.47. The van der Waals surface area contributed by atoms with Crippen LogP contribution in [0.3, 0.4) is 0 Å². The number of nitrogens with one attached hydrogen (secondary N) is 1. The molecule has 1 rings (SSSR count). The number of carbonyl (C=O) groups is 2. The fourth-order valence-electron chi connectivity index (χ4n) is 1.57. The maximum absolute atomic E-state index is 11.9. The molecule has 2 atom stereocenters. The predicted molar refractivity (Wildman–Crippen MR) is 75.9 cm³/mol. The molecule has 0 fully saturated rings. The fourth-order valence-corrected chi connectivity index (χ4v) is 2.04. The highest BCUT2D eigenvalue weighted by Crippen LogP contribution is 2.10. The Labute approximate surface area is 116 Å². The monoisotopic (exact) mass is 282 g/mol. The smallest absolute Gasteiger partial charge is 0.326 e. The molecular weight excluding hydrogens is 264 g/mol. The van der Waals surface area contributed by atoms with Crippen molar-refractivity contribution in [1.82, 2.24) is 5.32 Å². The summed E-state index contributed by atoms with van der Waals surface area (Å²) >= 11 is 1.53. The Kier molecular flexibility index (Phi) is 6.38. The van der Waals surface area contributed by atoms with Gasteiger partial charge >= 0.3 is 5.97 Å². The molecule has 5 nitrogen and oxygen atoms in total. The molecular formula is C13H18N2O3S. The van der Waals surface area contributed by atoms with Crippen LogP contribution >= 0.6 is 11.8 Å². The number of carboxylic acid groups (broad SMARTS) is 1. The number of amides is 1. The third-order valence-corrected chi connectivity index (χ3v) is 3.31. The number of benzene rings is 1. The van der Waals surface area contributed by atoms with Crippen molar-refractivity contribution >= 4 is 23.6 Å². The maximum Gasteiger partial charge on any atom is 0.326 e. The topological polar surface area (TPSA) is 92.4 Å². The molecule has 0 aromatic heterocycles. The van der Waals surface area contributed by atoms with Gasteiger partial charge in [-0.2, -0.15) is 11.8 Å². The van der Waals surface area contributed by atoms with Crippen molar-refractivity contribution in [1.29, 1.82) is 0 Å². The molecule has 0 aliphatic rings. The lowest BCUT2D eigenvalue weighted by Gasteiger charge is -2.17. The van der Waals surface area contributed by atoms with Crippen molar-refractivity contribution in [3.63, 3.8) is 0 Å². The number of hydrogen-bond acceptors (Lipinski definition) is 4. The van der Waals surface area contributed by atoms with Crippen LogP contribution in [0.5, 0.6) is 0 Å². The van der Waals surface area contributed by atoms with Gasteiger partial charge in [0.1, 0.15) is 12.1 Å². The highest BCUT2D eigenvalue weighted by molar-refractivity contribution is 7.98. The Hall–Kier alpha value is -1.53. The summed E-state index contributed by atoms with van der Waals surface area (Å²) in [6.07, 6.45) is 2.26. The van der Waals surface area contributed by atoms with Crippen LogP contribution in [-0.2, 0) is 9.59 Å². The van der Waals surface area contributed by atoms with E-state index >= 15 is 0 Å². The van der Waals surface area contributed by atoms with E-state index in [1.807, 2.05) is 12.3 Å². The number of rotatable bonds is 7. The van der Waals surface area contributed by atoms with Crippen molar-refractivity contribution in [2.75, 3.05) is 12.0 Å². The van der Waals surface area contributed by atoms with E-state index in [1.165, 1.54) is 11.8 Å². The Bertz CT molecular complexity index is 425. The van der Waals surface area contributed by atoms with E-state index < -0.39 is 24.0 Å². The zero-order chi connectivity index (χ0) is 14.3. The van der Waals surface area contributed by atoms with Gasteiger partial charge < -0.3 is 16.2 Å². The van der Waals surface area contributed by atoms with E-state index in [1.54, 1.807) is 24.3 Å². The molecule has 0 radical (unpaired) electrons. The molecule has 4 N–H and O–H groups in total. The zero-order valence-electron chi connectivity index (χ0n) is 10.7. The largest absolute Gasteiger partial charge is 0.480 e. The van der Waals surface area contributed by atoms with Gasteiger partial charge in [-0.05, 0) is 24.0 Å². The van der Waals surface area contributed by atoms with Crippen molar-refractivity contribution in [3.05, 3.63) is 35.9 Å². The highest BCUT2D eigenvalue weighted by Gasteiger charge is 2.23. The van der Waals surface area contributed by atoms with Gasteiger partial charge in [0, 0.05) is 0 Å². The SMILES string of the molecule is CSCC[C@@H](NC(=O)C(N)c1ccccc1)C(=O)O. The molecule has 1 aromatic rings. The van der Waals surface area contributed by atoms with Gasteiger partial charge in [0.25, 0.3) is 0 Å². The number of carboxylic acids is 1. The standard InChI is InChI=1S/C13H18N2O3S/c1-19-8-7-10(13(17)18)15-12(16)11(14)9-5-3-2-4-6-9/h2-6,10-11H,7-8,14H2,1H3,(H,15,16)(H,17,18)/t10-,11?/m1/s1. The summed E-state index contributed by atoms with van der Waals surface area (Å²) in [5, 5.41) is 11.5. The Morgan fingerprint density at radius 1 is 1.37 bits per heavy atom. The minimum atomic E-state index is -1.04. The molecule has 1 unspecified atom stereocenters. The average Bonchev–Trinajstić information content (AvgIpc) is 2.43. The molecule has 19 heavy (non-hydrogen) atoms. The first kappa shape index (κ1) is 15.5. The fraction of sp³-hybridized carbons (Fsp3) is 0.385. The predicted octanol–water partition coefficient (Wildman–Crippen LogP) is 1.01. The van der Waals surface area contributed by atoms with E-state index in [9.17, 15) is 9.59 Å². The summed E-state index contributed by atoms with van der Waals surface area (Å²) < 4.78 is 0. The second kappa shape index (κ2) is 7.81. The van der Waals surface area contributed by atoms with Gasteiger partial charge in [0.2, 0.25) is 5.91 Å². The zero-order valence-corrected chi connectivity index (χ0v) is 11.5. The molecule has 0 heterocycles. The van der Waals surface area contributed by atoms with Gasteiger partial charge in [-0.3, -0.25) is 4.79 Å². The number of aliphatic carboxylic acids is 1. The van der Waals surface area contributed by atoms with E-state index in [0.717, 1.165) is 0 Å². The van der Waals surface area contributed by atoms with E-state index in [0.29, 0.717) is 17.7 Å². The lowest BCUT2D eigenvalue weighted by molar-refractivity contribution is -0.142. The molecule has 0 aliphatic carbocycles. The number of thioether (sulfide) groups is 1. The Morgan fingerprint density at radius 3 is 2.53 bits per heavy atom. The van der Waals surface area contributed by atoms with Crippen LogP contribution in [0.25, 0.3) is 0 Å². The normalized spacial score (nSPS) is 13.6. The van der Waals surface area contributed by atoms with Crippen LogP contribution in [-0.4, -0.2) is 35.0 Å². The molecule has 0 saturated carbocycles. The molecule has 0 aliphatic heterocycles. The molecule has 0 spiro atoms. The van der Waals surface area contributed by atoms with Crippen LogP contribution in [0, 0.1) is 0 Å². The minimum absolute atomic E-state index is 0.379. The maximum atomic E-state index is 11.9. The molecule has 0 bridgehead atoms. The van der Waals surface area contributed by atoms with Crippen LogP contribution in [0.1, 0.15) is 18.0 Å². The first-order valence-corrected chi connectivity index (χ1v) is 7.28. The summed E-state index contributed by atoms with van der Waals surface area (Å²) in [6.45, 7) is 0. The lowest BCUT2D eigenvalue weighted by Crippen LogP contribution is -2.45. The Balaban J connectivity index is 2.64. The summed E-state index contributed by atoms with van der Waals surface area (Å²) in [4.78, 5) is 23.0. The van der Waals surface area contributed by atoms with Crippen LogP contribution < -0.4 is 11.1 Å². The first-order chi connectivity index (χ1) is 9.06. The van der Waals surface area contributed by atoms with E-state index in [2.05, 4.69) is 5.32 Å². The third-order valence-electron chi connectivity index (χ3n) is 2.67. The number of hydrogen-bond donors (Lipinski definition) is 3. The van der Waals surface area contributed by atoms with E-state index in [4.69, 9.17) is 10.8 Å². The minimum Gasteiger partial charge on any atom is -0.480 e. The molecule has 1 amide bonds. The van der Waals surface area contributed by atoms with Crippen molar-refractivity contribution in [2.45, 2.75) is 18.5 Å². The molecule has 104 valence electrons. The quantitative estimate of drug-likeness (QED) is 0.694. The van der Waals surface area contributed by atoms with Crippen molar-refractivity contribution in [3.8, 4) is 0 Å². The summed E-state index contributed by atoms with van der Waals surface area (Å²) in [6, 6.07) is 7.12. The van der Waals surface area contributed by atoms with Gasteiger partial charge in [-0.15, -0.1) is 0 Å². The Morgan fingerprint density at radius 2 is 2.00 bits per heavy atom. The second-order valence-electron chi connectivity index (χ2n) is 4.07. The van der Waals surface area contributed by atoms with Gasteiger partial charge in [0.05, 0.1) is 0 Å². The van der Waals surface area contributed by atoms with Crippen molar-refractivity contribution in [2.24, 2.45) is 5.73 Å². The number of carbonyl (C=O) groups excluding carboxylic acids is 1. The first-order valence-electron chi connectivity index (χ1n) is 5.89. The molecule has 0 saturated heterocycles. The van der Waals surface area contributed by atoms with Gasteiger partial charge in [-0.25, -0.2) is 4.79 Å². The average molecular weight is 282 g/mol. The molecule has 1 aromatic carbocycles. The summed E-state index contributed by atoms with van der Waals surface area (Å²) in [7, 11) is 0. The third kappa shape index (κ3) is 4.92. The lowest BCUT2D eigenvalue weighted by atomic mass is 10.1. The summed E-state index contributed by atoms with van der Waals surface area (Å²) in [5.74, 6) is -0.847. The number of nitrogens with two attached hydrogens (primary N) is 1. The highest BCUT2D eigenvalue weighted by atomic mass is 32.2. The second-order valence-corrected chi connectivity index (χ2v) is 5.05. The van der Waals surface area contributed by atoms with Crippen molar-refractivity contribution < 1.29 is 14.7 Å². The van der Waals surface area contributed by atoms with Gasteiger partial charge in [0.15, 0.2) is 0 Å². The van der Waals surface area contributed by atoms with Gasteiger partial charge in [-0.1, -0.05) is 30.3 Å². The van der Waals surface area contributed by atoms with Crippen LogP contribution in [0.15, 0.2) is 30.3 Å². The van der Waals surface area contributed by atoms with Crippen LogP contribution in [0.2, 0.25) is 0 Å². The van der Waals surface area contributed by atoms with E-state index in [-0.39, 0.29) is 0 Å². The molecule has 6 heteroatoms. The van der Waals surface area contributed by atoms with Crippen LogP contribution in [0.4, 0.5) is 0 Å².